The number of carbonyl (C=O) groups is 2. The smallest absolute Gasteiger partial charge is 0.165 e. The molecule has 10 heteroatoms. The summed E-state index contributed by atoms with van der Waals surface area (Å²) in [6, 6.07) is 35.4. The highest BCUT2D eigenvalue weighted by atomic mass is 79.9. The lowest BCUT2D eigenvalue weighted by Gasteiger charge is -2.42. The zero-order valence-electron chi connectivity index (χ0n) is 32.3. The third-order valence-electron chi connectivity index (χ3n) is 11.0. The van der Waals surface area contributed by atoms with Crippen molar-refractivity contribution in [3.8, 4) is 12.1 Å². The molecule has 0 amide bonds. The number of Topliss-reactive ketones (excluding diaryl/α,β-unsaturated/α-hetero) is 2. The fourth-order valence-corrected chi connectivity index (χ4v) is 8.12. The van der Waals surface area contributed by atoms with Gasteiger partial charge in [-0.2, -0.15) is 23.2 Å². The number of hydrogen-bond acceptors (Lipinski definition) is 9. The summed E-state index contributed by atoms with van der Waals surface area (Å²) in [7, 11) is 0. The van der Waals surface area contributed by atoms with Crippen molar-refractivity contribution in [3.63, 3.8) is 0 Å². The number of para-hydroxylation sites is 2. The molecule has 0 aromatic heterocycles. The highest BCUT2D eigenvalue weighted by Gasteiger charge is 2.38. The maximum absolute atomic E-state index is 12.4. The number of thiol groups is 1. The number of nitrogens with zero attached hydrogens (tertiary/aromatic N) is 3. The number of halogens is 1. The molecule has 0 radical (unpaired) electrons. The quantitative estimate of drug-likeness (QED) is 0.119. The van der Waals surface area contributed by atoms with E-state index in [1.807, 2.05) is 104 Å². The van der Waals surface area contributed by atoms with Crippen LogP contribution in [0.15, 0.2) is 97.1 Å². The first-order valence-electron chi connectivity index (χ1n) is 19.6. The molecule has 58 heavy (non-hydrogen) atoms. The number of likely N-dealkylation sites (tertiary alicyclic amines) is 1. The average molecular weight is 866 g/mol. The molecule has 0 bridgehead atoms. The fraction of sp³-hybridized carbons (Fsp3) is 0.417. The Kier molecular flexibility index (Phi) is 19.7. The van der Waals surface area contributed by atoms with Crippen molar-refractivity contribution in [2.24, 2.45) is 0 Å². The van der Waals surface area contributed by atoms with Gasteiger partial charge in [-0.05, 0) is 117 Å². The van der Waals surface area contributed by atoms with E-state index in [1.54, 1.807) is 0 Å². The number of alkyl halides is 1. The van der Waals surface area contributed by atoms with Gasteiger partial charge in [-0.15, -0.1) is 0 Å². The molecule has 3 N–H and O–H groups in total. The minimum Gasteiger partial charge on any atom is -0.379 e. The molecule has 0 saturated carbocycles. The van der Waals surface area contributed by atoms with Gasteiger partial charge in [0.15, 0.2) is 11.6 Å². The number of nitrogens with one attached hydrogen (secondary N) is 3. The minimum absolute atomic E-state index is 0. The van der Waals surface area contributed by atoms with Crippen LogP contribution >= 0.6 is 28.6 Å². The van der Waals surface area contributed by atoms with Crippen LogP contribution in [0.1, 0.15) is 116 Å². The number of ketones is 2. The summed E-state index contributed by atoms with van der Waals surface area (Å²) in [5.41, 5.74) is 7.74. The molecular weight excluding hydrogens is 805 g/mol. The fourth-order valence-electron chi connectivity index (χ4n) is 7.75. The summed E-state index contributed by atoms with van der Waals surface area (Å²) in [6.45, 7) is 7.03. The molecular formula is C48H61BrN6O2S. The summed E-state index contributed by atoms with van der Waals surface area (Å²) >= 11 is 7.11. The average Bonchev–Trinajstić information content (AvgIpc) is 3.47. The van der Waals surface area contributed by atoms with Crippen LogP contribution in [0.4, 0.5) is 11.4 Å². The number of anilines is 2. The van der Waals surface area contributed by atoms with E-state index in [4.69, 9.17) is 10.5 Å². The molecule has 0 atom stereocenters. The lowest BCUT2D eigenvalue weighted by molar-refractivity contribution is 0.0960. The monoisotopic (exact) mass is 864 g/mol. The van der Waals surface area contributed by atoms with Crippen molar-refractivity contribution in [1.82, 2.24) is 10.2 Å². The summed E-state index contributed by atoms with van der Waals surface area (Å²) < 4.78 is 0. The predicted octanol–water partition coefficient (Wildman–Crippen LogP) is 10.8. The second kappa shape index (κ2) is 23.8. The summed E-state index contributed by atoms with van der Waals surface area (Å²) in [4.78, 5) is 27.0. The van der Waals surface area contributed by atoms with Gasteiger partial charge < -0.3 is 16.0 Å². The van der Waals surface area contributed by atoms with E-state index in [0.29, 0.717) is 24.0 Å². The van der Waals surface area contributed by atoms with Crippen molar-refractivity contribution in [2.75, 3.05) is 42.6 Å². The lowest BCUT2D eigenvalue weighted by Crippen LogP contribution is -2.48. The molecule has 4 aromatic carbocycles. The molecule has 2 fully saturated rings. The highest BCUT2D eigenvalue weighted by Crippen LogP contribution is 2.37. The van der Waals surface area contributed by atoms with Crippen molar-refractivity contribution < 1.29 is 9.59 Å². The number of piperidine rings is 2. The molecule has 4 heterocycles. The molecule has 0 aliphatic carbocycles. The molecule has 8 rings (SSSR count). The van der Waals surface area contributed by atoms with Crippen LogP contribution in [0.5, 0.6) is 0 Å². The Balaban J connectivity index is 0.000000242. The van der Waals surface area contributed by atoms with Crippen molar-refractivity contribution in [2.45, 2.75) is 96.1 Å². The molecule has 8 nitrogen and oxygen atoms in total. The van der Waals surface area contributed by atoms with Crippen LogP contribution in [0.25, 0.3) is 0 Å². The van der Waals surface area contributed by atoms with Crippen LogP contribution in [0, 0.1) is 22.7 Å². The van der Waals surface area contributed by atoms with Gasteiger partial charge in [-0.1, -0.05) is 86.2 Å². The predicted molar refractivity (Wildman–Crippen MR) is 247 cm³/mol. The van der Waals surface area contributed by atoms with Crippen molar-refractivity contribution >= 4 is 51.5 Å². The Morgan fingerprint density at radius 2 is 1.07 bits per heavy atom. The maximum atomic E-state index is 12.4. The van der Waals surface area contributed by atoms with E-state index in [1.165, 1.54) is 11.1 Å². The van der Waals surface area contributed by atoms with E-state index in [9.17, 15) is 9.59 Å². The first-order valence-corrected chi connectivity index (χ1v) is 21.4. The largest absolute Gasteiger partial charge is 0.379 e. The Morgan fingerprint density at radius 1 is 0.655 bits per heavy atom. The van der Waals surface area contributed by atoms with E-state index < -0.39 is 0 Å². The van der Waals surface area contributed by atoms with Gasteiger partial charge in [-0.3, -0.25) is 14.5 Å². The van der Waals surface area contributed by atoms with Gasteiger partial charge in [0.1, 0.15) is 0 Å². The van der Waals surface area contributed by atoms with Crippen LogP contribution in [0.2, 0.25) is 0 Å². The standard InChI is InChI=1S/C22H23N3O.C14H18N2O.C8H6BrN.C2H6S.2CH4/c23-15-17-5-7-18(8-6-17)16-25-13-11-22(12-14-25)10-9-21(26)19-3-1-2-4-20(19)24-22;17-13-5-6-14(7-9-15-10-8-14)16-12-4-2-1-3-11(12)13;9-5-7-1-3-8(6-10)4-2-7;1-2-3;;/h1-8,24H,9-14,16H2;1-4,15-16H,5-10H2;1-4H,5H2;3H,2H2,1H3;2*1H4. The summed E-state index contributed by atoms with van der Waals surface area (Å²) in [5.74, 6) is 1.48. The third-order valence-corrected chi connectivity index (χ3v) is 11.7. The van der Waals surface area contributed by atoms with Gasteiger partial charge >= 0.3 is 0 Å². The molecule has 2 spiro atoms. The molecule has 2 saturated heterocycles. The minimum atomic E-state index is 0. The Labute approximate surface area is 361 Å². The Morgan fingerprint density at radius 3 is 1.50 bits per heavy atom. The molecule has 4 aliphatic heterocycles. The highest BCUT2D eigenvalue weighted by molar-refractivity contribution is 9.08. The lowest BCUT2D eigenvalue weighted by atomic mass is 9.83. The van der Waals surface area contributed by atoms with Crippen LogP contribution in [-0.2, 0) is 11.9 Å². The summed E-state index contributed by atoms with van der Waals surface area (Å²) in [6.07, 6.45) is 7.47. The van der Waals surface area contributed by atoms with Crippen LogP contribution in [-0.4, -0.2) is 59.5 Å². The van der Waals surface area contributed by atoms with Gasteiger partial charge in [0.05, 0.1) is 23.3 Å². The number of hydrogen-bond donors (Lipinski definition) is 4. The SMILES string of the molecule is C.C.CCS.N#Cc1ccc(CBr)cc1.N#Cc1ccc(CN2CCC3(CCC(=O)c4ccccc4N3)CC2)cc1.O=C1CCC2(CCNCC2)Nc2ccccc21. The molecule has 0 unspecified atom stereocenters. The van der Waals surface area contributed by atoms with Gasteiger partial charge in [0.25, 0.3) is 0 Å². The van der Waals surface area contributed by atoms with E-state index >= 15 is 0 Å². The van der Waals surface area contributed by atoms with E-state index in [0.717, 1.165) is 105 Å². The van der Waals surface area contributed by atoms with Crippen molar-refractivity contribution in [3.05, 3.63) is 130 Å². The van der Waals surface area contributed by atoms with E-state index in [-0.39, 0.29) is 37.5 Å². The number of benzene rings is 4. The number of rotatable bonds is 3. The normalized spacial score (nSPS) is 17.1. The Hall–Kier alpha value is -4.45. The molecule has 4 aliphatic rings. The van der Waals surface area contributed by atoms with Gasteiger partial charge in [-0.25, -0.2) is 0 Å². The second-order valence-corrected chi connectivity index (χ2v) is 16.0. The molecule has 4 aromatic rings. The zero-order chi connectivity index (χ0) is 39.8. The Bertz CT molecular complexity index is 1980. The number of carbonyl (C=O) groups excluding carboxylic acids is 2. The maximum Gasteiger partial charge on any atom is 0.165 e. The summed E-state index contributed by atoms with van der Waals surface area (Å²) in [5, 5.41) is 28.9. The number of fused-ring (bicyclic) bond motifs is 2. The third kappa shape index (κ3) is 13.3. The van der Waals surface area contributed by atoms with Crippen LogP contribution < -0.4 is 16.0 Å². The topological polar surface area (TPSA) is 121 Å². The van der Waals surface area contributed by atoms with E-state index in [2.05, 4.69) is 61.5 Å². The van der Waals surface area contributed by atoms with Crippen molar-refractivity contribution in [1.29, 1.82) is 10.5 Å². The second-order valence-electron chi connectivity index (χ2n) is 14.8. The first kappa shape index (κ1) is 47.9. The van der Waals surface area contributed by atoms with Gasteiger partial charge in [0, 0.05) is 71.4 Å². The van der Waals surface area contributed by atoms with Gasteiger partial charge in [0.2, 0.25) is 0 Å². The van der Waals surface area contributed by atoms with Crippen LogP contribution in [0.3, 0.4) is 0 Å². The first-order chi connectivity index (χ1) is 27.2. The number of nitriles is 2. The zero-order valence-corrected chi connectivity index (χ0v) is 34.8. The molecule has 308 valence electrons.